The first-order valence-corrected chi connectivity index (χ1v) is 8.82. The van der Waals surface area contributed by atoms with Crippen LogP contribution < -0.4 is 0 Å². The van der Waals surface area contributed by atoms with Gasteiger partial charge in [0.2, 0.25) is 0 Å². The van der Waals surface area contributed by atoms with Crippen LogP contribution in [0.4, 0.5) is 0 Å². The molecule has 2 bridgehead atoms. The molecule has 0 saturated heterocycles. The molecule has 2 aliphatic carbocycles. The van der Waals surface area contributed by atoms with Crippen LogP contribution in [0.15, 0.2) is 34.9 Å². The van der Waals surface area contributed by atoms with Gasteiger partial charge >= 0.3 is 0 Å². The molecule has 0 aromatic heterocycles. The van der Waals surface area contributed by atoms with Gasteiger partial charge in [-0.3, -0.25) is 0 Å². The predicted molar refractivity (Wildman–Crippen MR) is 93.9 cm³/mol. The molecule has 0 spiro atoms. The summed E-state index contributed by atoms with van der Waals surface area (Å²) in [6.07, 6.45) is 10.3. The third-order valence-corrected chi connectivity index (χ3v) is 5.77. The molecular formula is C20H32O3. The minimum atomic E-state index is -0.295. The summed E-state index contributed by atoms with van der Waals surface area (Å²) in [7, 11) is 0. The van der Waals surface area contributed by atoms with Crippen LogP contribution in [0.2, 0.25) is 0 Å². The van der Waals surface area contributed by atoms with Gasteiger partial charge in [0.15, 0.2) is 0 Å². The first-order valence-electron chi connectivity index (χ1n) is 8.82. The predicted octanol–water partition coefficient (Wildman–Crippen LogP) is 3.37. The molecule has 4 atom stereocenters. The van der Waals surface area contributed by atoms with Gasteiger partial charge in [-0.25, -0.2) is 0 Å². The Morgan fingerprint density at radius 1 is 1.30 bits per heavy atom. The minimum Gasteiger partial charge on any atom is -0.396 e. The number of allylic oxidation sites excluding steroid dienone is 3. The lowest BCUT2D eigenvalue weighted by atomic mass is 9.71. The highest BCUT2D eigenvalue weighted by Gasteiger charge is 2.43. The van der Waals surface area contributed by atoms with Crippen LogP contribution in [0, 0.1) is 17.3 Å². The van der Waals surface area contributed by atoms with Gasteiger partial charge < -0.3 is 15.3 Å². The highest BCUT2D eigenvalue weighted by Crippen LogP contribution is 2.49. The monoisotopic (exact) mass is 320 g/mol. The van der Waals surface area contributed by atoms with Crippen molar-refractivity contribution in [2.45, 2.75) is 59.0 Å². The molecule has 0 amide bonds. The van der Waals surface area contributed by atoms with Crippen LogP contribution in [-0.2, 0) is 0 Å². The summed E-state index contributed by atoms with van der Waals surface area (Å²) < 4.78 is 0. The third-order valence-electron chi connectivity index (χ3n) is 5.77. The molecule has 0 radical (unpaired) electrons. The fourth-order valence-electron chi connectivity index (χ4n) is 4.15. The Hall–Kier alpha value is -0.900. The second kappa shape index (κ2) is 7.78. The lowest BCUT2D eigenvalue weighted by molar-refractivity contribution is 0.0270. The normalized spacial score (nSPS) is 34.6. The summed E-state index contributed by atoms with van der Waals surface area (Å²) in [5, 5.41) is 30.2. The lowest BCUT2D eigenvalue weighted by Gasteiger charge is -2.37. The van der Waals surface area contributed by atoms with Crippen LogP contribution in [-0.4, -0.2) is 34.6 Å². The molecule has 1 fully saturated rings. The molecule has 0 aromatic carbocycles. The van der Waals surface area contributed by atoms with Crippen molar-refractivity contribution in [1.29, 1.82) is 0 Å². The number of hydrogen-bond acceptors (Lipinski definition) is 3. The number of aliphatic hydroxyl groups is 3. The topological polar surface area (TPSA) is 60.7 Å². The molecule has 1 saturated carbocycles. The quantitative estimate of drug-likeness (QED) is 0.681. The smallest absolute Gasteiger partial charge is 0.0644 e. The SMILES string of the molecule is CC(C)=CC/C=C(\CO)[C@H]1CC[C@@]2(C)CC(=CC[C@@H]2O)[C@@H]1CO. The zero-order valence-electron chi connectivity index (χ0n) is 14.8. The molecule has 2 aliphatic rings. The Labute approximate surface area is 140 Å². The van der Waals surface area contributed by atoms with E-state index < -0.39 is 0 Å². The van der Waals surface area contributed by atoms with Crippen LogP contribution in [0.3, 0.4) is 0 Å². The van der Waals surface area contributed by atoms with Gasteiger partial charge in [0.25, 0.3) is 0 Å². The maximum absolute atomic E-state index is 10.4. The van der Waals surface area contributed by atoms with Gasteiger partial charge in [-0.1, -0.05) is 36.3 Å². The van der Waals surface area contributed by atoms with E-state index in [9.17, 15) is 15.3 Å². The zero-order valence-corrected chi connectivity index (χ0v) is 14.8. The van der Waals surface area contributed by atoms with Crippen LogP contribution in [0.1, 0.15) is 52.9 Å². The van der Waals surface area contributed by atoms with Gasteiger partial charge in [0.1, 0.15) is 0 Å². The maximum Gasteiger partial charge on any atom is 0.0644 e. The summed E-state index contributed by atoms with van der Waals surface area (Å²) in [6, 6.07) is 0. The minimum absolute atomic E-state index is 0.0459. The van der Waals surface area contributed by atoms with Crippen molar-refractivity contribution in [2.75, 3.05) is 13.2 Å². The first kappa shape index (κ1) is 18.4. The Kier molecular flexibility index (Phi) is 6.24. The van der Waals surface area contributed by atoms with E-state index in [-0.39, 0.29) is 36.6 Å². The highest BCUT2D eigenvalue weighted by molar-refractivity contribution is 5.24. The summed E-state index contributed by atoms with van der Waals surface area (Å²) in [5.74, 6) is 0.253. The Morgan fingerprint density at radius 2 is 2.04 bits per heavy atom. The summed E-state index contributed by atoms with van der Waals surface area (Å²) >= 11 is 0. The summed E-state index contributed by atoms with van der Waals surface area (Å²) in [6.45, 7) is 6.47. The average molecular weight is 320 g/mol. The van der Waals surface area contributed by atoms with E-state index in [0.717, 1.165) is 31.3 Å². The number of rotatable bonds is 5. The number of hydrogen-bond donors (Lipinski definition) is 3. The second-order valence-electron chi connectivity index (χ2n) is 7.75. The molecule has 3 N–H and O–H groups in total. The Bertz CT molecular complexity index is 499. The van der Waals surface area contributed by atoms with Crippen LogP contribution in [0.5, 0.6) is 0 Å². The fourth-order valence-corrected chi connectivity index (χ4v) is 4.15. The Balaban J connectivity index is 2.28. The molecule has 23 heavy (non-hydrogen) atoms. The molecule has 2 rings (SSSR count). The molecule has 0 unspecified atom stereocenters. The van der Waals surface area contributed by atoms with E-state index in [1.807, 2.05) is 0 Å². The van der Waals surface area contributed by atoms with Crippen molar-refractivity contribution in [3.63, 3.8) is 0 Å². The molecule has 0 aromatic rings. The van der Waals surface area contributed by atoms with Crippen molar-refractivity contribution < 1.29 is 15.3 Å². The van der Waals surface area contributed by atoms with Crippen molar-refractivity contribution in [3.05, 3.63) is 34.9 Å². The van der Waals surface area contributed by atoms with E-state index in [4.69, 9.17) is 0 Å². The van der Waals surface area contributed by atoms with Crippen LogP contribution in [0.25, 0.3) is 0 Å². The van der Waals surface area contributed by atoms with Gasteiger partial charge in [0.05, 0.1) is 19.3 Å². The second-order valence-corrected chi connectivity index (χ2v) is 7.75. The van der Waals surface area contributed by atoms with Crippen molar-refractivity contribution in [3.8, 4) is 0 Å². The number of fused-ring (bicyclic) bond motifs is 2. The van der Waals surface area contributed by atoms with Crippen molar-refractivity contribution in [1.82, 2.24) is 0 Å². The lowest BCUT2D eigenvalue weighted by Crippen LogP contribution is -2.34. The largest absolute Gasteiger partial charge is 0.396 e. The van der Waals surface area contributed by atoms with Crippen LogP contribution >= 0.6 is 0 Å². The molecule has 0 heterocycles. The van der Waals surface area contributed by atoms with Gasteiger partial charge in [-0.2, -0.15) is 0 Å². The summed E-state index contributed by atoms with van der Waals surface area (Å²) in [5.41, 5.74) is 3.48. The first-order chi connectivity index (χ1) is 10.9. The molecule has 3 nitrogen and oxygen atoms in total. The molecule has 0 aliphatic heterocycles. The summed E-state index contributed by atoms with van der Waals surface area (Å²) in [4.78, 5) is 0. The fraction of sp³-hybridized carbons (Fsp3) is 0.700. The molecule has 130 valence electrons. The van der Waals surface area contributed by atoms with E-state index >= 15 is 0 Å². The zero-order chi connectivity index (χ0) is 17.0. The van der Waals surface area contributed by atoms with Gasteiger partial charge in [-0.05, 0) is 62.9 Å². The molecule has 3 heteroatoms. The van der Waals surface area contributed by atoms with Gasteiger partial charge in [0, 0.05) is 5.92 Å². The standard InChI is InChI=1S/C20H32O3/c1-14(2)5-4-6-16(12-21)17-9-10-20(3)11-15(18(17)13-22)7-8-19(20)23/h5-7,17-19,21-23H,4,8-13H2,1-3H3/b16-6+/t17-,18+,19+,20+/m1/s1. The van der Waals surface area contributed by atoms with E-state index in [1.165, 1.54) is 11.1 Å². The van der Waals surface area contributed by atoms with Gasteiger partial charge in [-0.15, -0.1) is 0 Å². The van der Waals surface area contributed by atoms with E-state index in [2.05, 4.69) is 39.0 Å². The molecular weight excluding hydrogens is 288 g/mol. The van der Waals surface area contributed by atoms with E-state index in [0.29, 0.717) is 6.42 Å². The maximum atomic E-state index is 10.4. The number of aliphatic hydroxyl groups excluding tert-OH is 3. The van der Waals surface area contributed by atoms with Crippen molar-refractivity contribution in [2.24, 2.45) is 17.3 Å². The van der Waals surface area contributed by atoms with Crippen molar-refractivity contribution >= 4 is 0 Å². The third kappa shape index (κ3) is 4.14. The Morgan fingerprint density at radius 3 is 2.65 bits per heavy atom. The highest BCUT2D eigenvalue weighted by atomic mass is 16.3. The average Bonchev–Trinajstić information content (AvgIpc) is 2.63. The van der Waals surface area contributed by atoms with E-state index in [1.54, 1.807) is 0 Å².